The number of benzene rings is 4. The van der Waals surface area contributed by atoms with E-state index in [4.69, 9.17) is 19.2 Å². The van der Waals surface area contributed by atoms with E-state index in [9.17, 15) is 22.8 Å². The van der Waals surface area contributed by atoms with Crippen LogP contribution < -0.4 is 0 Å². The highest BCUT2D eigenvalue weighted by atomic mass is 19.4. The van der Waals surface area contributed by atoms with Crippen LogP contribution in [0.15, 0.2) is 115 Å². The number of carbonyl (C=O) groups excluding carboxylic acids is 2. The molecule has 3 fully saturated rings. The standard InChI is InChI=1S/C47H46F3N7O5/c1-55(2)40(35-12-7-4-8-13-35)44(58)56-24-9-14-37(56)42-51-26-36(52-42)33-19-15-31(16-20-33)32-17-21-34(22-18-32)39-41(47(48,49)50)54-43(53-39)38-28-62-46(23-25-60-29-46)57(38)45(59)61-27-30-10-5-3-6-11-30/h3-8,10-13,15-22,26,37-38,40H,9,14,23-25,27-29H2,1-2H3,(H,51,52)(H,53,54)/t37-,38-,40+,46?/m0/s1. The Labute approximate surface area is 356 Å². The number of carbonyl (C=O) groups is 2. The maximum Gasteiger partial charge on any atom is 0.433 e. The predicted molar refractivity (Wildman–Crippen MR) is 224 cm³/mol. The maximum atomic E-state index is 14.6. The first kappa shape index (κ1) is 41.1. The minimum absolute atomic E-state index is 0.0214. The molecule has 4 aromatic carbocycles. The number of H-pyrrole nitrogens is 2. The van der Waals surface area contributed by atoms with E-state index in [0.29, 0.717) is 19.6 Å². The van der Waals surface area contributed by atoms with E-state index in [1.807, 2.05) is 109 Å². The molecular weight excluding hydrogens is 800 g/mol. The third-order valence-electron chi connectivity index (χ3n) is 11.9. The summed E-state index contributed by atoms with van der Waals surface area (Å²) in [5.74, 6) is 0.713. The third-order valence-corrected chi connectivity index (χ3v) is 11.9. The van der Waals surface area contributed by atoms with Crippen LogP contribution in [0.3, 0.4) is 0 Å². The van der Waals surface area contributed by atoms with E-state index in [0.717, 1.165) is 52.2 Å². The molecule has 12 nitrogen and oxygen atoms in total. The molecule has 3 aliphatic heterocycles. The van der Waals surface area contributed by atoms with Gasteiger partial charge in [-0.05, 0) is 54.8 Å². The zero-order valence-electron chi connectivity index (χ0n) is 34.3. The Morgan fingerprint density at radius 2 is 1.53 bits per heavy atom. The van der Waals surface area contributed by atoms with Crippen LogP contribution in [-0.4, -0.2) is 92.8 Å². The van der Waals surface area contributed by atoms with Gasteiger partial charge in [-0.15, -0.1) is 0 Å². The van der Waals surface area contributed by atoms with E-state index in [1.54, 1.807) is 30.5 Å². The Kier molecular flexibility index (Phi) is 11.2. The molecule has 4 atom stereocenters. The van der Waals surface area contributed by atoms with Crippen LogP contribution >= 0.6 is 0 Å². The molecule has 320 valence electrons. The van der Waals surface area contributed by atoms with E-state index in [2.05, 4.69) is 15.0 Å². The summed E-state index contributed by atoms with van der Waals surface area (Å²) in [5.41, 5.74) is 2.83. The number of likely N-dealkylation sites (tertiary alicyclic amines) is 1. The number of nitrogens with zero attached hydrogens (tertiary/aromatic N) is 5. The van der Waals surface area contributed by atoms with Crippen LogP contribution in [0.2, 0.25) is 0 Å². The Morgan fingerprint density at radius 3 is 2.18 bits per heavy atom. The third kappa shape index (κ3) is 7.98. The Balaban J connectivity index is 0.916. The molecule has 1 spiro atoms. The second-order valence-electron chi connectivity index (χ2n) is 16.1. The number of likely N-dealkylation sites (N-methyl/N-ethyl adjacent to an activating group) is 1. The highest BCUT2D eigenvalue weighted by Gasteiger charge is 2.55. The fourth-order valence-electron chi connectivity index (χ4n) is 8.83. The summed E-state index contributed by atoms with van der Waals surface area (Å²) in [6.07, 6.45) is -1.70. The van der Waals surface area contributed by atoms with Crippen molar-refractivity contribution in [3.05, 3.63) is 144 Å². The number of imidazole rings is 2. The van der Waals surface area contributed by atoms with E-state index in [-0.39, 0.29) is 48.9 Å². The van der Waals surface area contributed by atoms with E-state index >= 15 is 0 Å². The van der Waals surface area contributed by atoms with Gasteiger partial charge in [-0.2, -0.15) is 13.2 Å². The number of amides is 2. The van der Waals surface area contributed by atoms with Crippen LogP contribution in [0.1, 0.15) is 65.9 Å². The molecule has 2 amide bonds. The van der Waals surface area contributed by atoms with Crippen LogP contribution in [0.25, 0.3) is 33.6 Å². The minimum atomic E-state index is -4.77. The Bertz CT molecular complexity index is 2500. The van der Waals surface area contributed by atoms with Gasteiger partial charge in [0.25, 0.3) is 0 Å². The average Bonchev–Trinajstić information content (AvgIpc) is 4.14. The fourth-order valence-corrected chi connectivity index (χ4v) is 8.83. The maximum absolute atomic E-state index is 14.6. The number of aromatic amines is 2. The SMILES string of the molecule is CN(C)[C@@H](C(=O)N1CCC[C@H]1c1ncc(-c2ccc(-c3ccc(-c4nc([C@@H]5COC6(CCOC6)N5C(=O)OCc5ccccc5)[nH]c4C(F)(F)F)cc3)cc2)[nH]1)c1ccccc1. The second kappa shape index (κ2) is 16.9. The number of hydrogen-bond acceptors (Lipinski definition) is 8. The lowest BCUT2D eigenvalue weighted by Gasteiger charge is -2.33. The summed E-state index contributed by atoms with van der Waals surface area (Å²) >= 11 is 0. The molecule has 3 aliphatic rings. The average molecular weight is 846 g/mol. The number of rotatable bonds is 10. The number of aromatic nitrogens is 4. The summed E-state index contributed by atoms with van der Waals surface area (Å²) in [6.45, 7) is 0.921. The van der Waals surface area contributed by atoms with Gasteiger partial charge in [0.2, 0.25) is 5.91 Å². The molecule has 0 bridgehead atoms. The van der Waals surface area contributed by atoms with Gasteiger partial charge in [-0.3, -0.25) is 14.6 Å². The topological polar surface area (TPSA) is 129 Å². The van der Waals surface area contributed by atoms with Crippen molar-refractivity contribution in [3.8, 4) is 33.6 Å². The number of nitrogens with one attached hydrogen (secondary N) is 2. The monoisotopic (exact) mass is 845 g/mol. The zero-order valence-corrected chi connectivity index (χ0v) is 34.3. The first-order valence-electron chi connectivity index (χ1n) is 20.7. The van der Waals surface area contributed by atoms with Crippen molar-refractivity contribution in [1.82, 2.24) is 34.6 Å². The molecule has 62 heavy (non-hydrogen) atoms. The molecule has 3 saturated heterocycles. The smallest absolute Gasteiger partial charge is 0.433 e. The summed E-state index contributed by atoms with van der Waals surface area (Å²) in [6, 6.07) is 31.9. The number of halogens is 3. The van der Waals surface area contributed by atoms with Gasteiger partial charge in [0.05, 0.1) is 37.8 Å². The summed E-state index contributed by atoms with van der Waals surface area (Å²) in [4.78, 5) is 47.9. The number of alkyl halides is 3. The van der Waals surface area contributed by atoms with Crippen molar-refractivity contribution < 1.29 is 37.0 Å². The Hall–Kier alpha value is -6.29. The molecule has 0 aliphatic carbocycles. The quantitative estimate of drug-likeness (QED) is 0.140. The molecule has 0 saturated carbocycles. The number of ether oxygens (including phenoxy) is 3. The number of hydrogen-bond donors (Lipinski definition) is 2. The van der Waals surface area contributed by atoms with E-state index in [1.165, 1.54) is 4.90 Å². The predicted octanol–water partition coefficient (Wildman–Crippen LogP) is 8.95. The van der Waals surface area contributed by atoms with Crippen LogP contribution in [-0.2, 0) is 31.8 Å². The highest BCUT2D eigenvalue weighted by molar-refractivity contribution is 5.84. The van der Waals surface area contributed by atoms with Crippen molar-refractivity contribution in [2.24, 2.45) is 0 Å². The van der Waals surface area contributed by atoms with Crippen molar-refractivity contribution in [3.63, 3.8) is 0 Å². The van der Waals surface area contributed by atoms with Gasteiger partial charge < -0.3 is 29.1 Å². The lowest BCUT2D eigenvalue weighted by molar-refractivity contribution is -0.140. The zero-order chi connectivity index (χ0) is 43.0. The lowest BCUT2D eigenvalue weighted by Crippen LogP contribution is -2.50. The lowest BCUT2D eigenvalue weighted by atomic mass is 10.0. The minimum Gasteiger partial charge on any atom is -0.444 e. The molecule has 1 unspecified atom stereocenters. The van der Waals surface area contributed by atoms with Gasteiger partial charge in [-0.1, -0.05) is 109 Å². The first-order valence-corrected chi connectivity index (χ1v) is 20.7. The van der Waals surface area contributed by atoms with Crippen molar-refractivity contribution in [1.29, 1.82) is 0 Å². The van der Waals surface area contributed by atoms with Crippen molar-refractivity contribution >= 4 is 12.0 Å². The molecule has 9 rings (SSSR count). The Morgan fingerprint density at radius 1 is 0.871 bits per heavy atom. The van der Waals surface area contributed by atoms with E-state index < -0.39 is 35.8 Å². The molecule has 2 aromatic heterocycles. The molecule has 15 heteroatoms. The molecule has 6 aromatic rings. The largest absolute Gasteiger partial charge is 0.444 e. The second-order valence-corrected chi connectivity index (χ2v) is 16.1. The van der Waals surface area contributed by atoms with Crippen molar-refractivity contribution in [2.75, 3.05) is 40.5 Å². The van der Waals surface area contributed by atoms with Crippen LogP contribution in [0.4, 0.5) is 18.0 Å². The van der Waals surface area contributed by atoms with Gasteiger partial charge in [0.15, 0.2) is 5.72 Å². The van der Waals surface area contributed by atoms with Crippen LogP contribution in [0.5, 0.6) is 0 Å². The fraction of sp³-hybridized carbons (Fsp3) is 0.319. The van der Waals surface area contributed by atoms with Gasteiger partial charge in [0, 0.05) is 18.5 Å². The van der Waals surface area contributed by atoms with Gasteiger partial charge in [-0.25, -0.2) is 14.8 Å². The summed E-state index contributed by atoms with van der Waals surface area (Å²) in [5, 5.41) is 0. The molecule has 2 N–H and O–H groups in total. The summed E-state index contributed by atoms with van der Waals surface area (Å²) in [7, 11) is 3.83. The van der Waals surface area contributed by atoms with Gasteiger partial charge in [0.1, 0.15) is 41.7 Å². The van der Waals surface area contributed by atoms with Crippen LogP contribution in [0, 0.1) is 0 Å². The van der Waals surface area contributed by atoms with Gasteiger partial charge >= 0.3 is 12.3 Å². The molecule has 0 radical (unpaired) electrons. The molecule has 5 heterocycles. The van der Waals surface area contributed by atoms with Crippen molar-refractivity contribution in [2.45, 2.75) is 55.9 Å². The normalized spacial score (nSPS) is 20.7. The summed E-state index contributed by atoms with van der Waals surface area (Å²) < 4.78 is 61.2. The molecular formula is C47H46F3N7O5. The highest BCUT2D eigenvalue weighted by Crippen LogP contribution is 2.44. The first-order chi connectivity index (χ1) is 30.0.